The number of primary amides is 1. The van der Waals surface area contributed by atoms with E-state index in [1.54, 1.807) is 11.8 Å². The van der Waals surface area contributed by atoms with E-state index in [0.29, 0.717) is 31.6 Å². The summed E-state index contributed by atoms with van der Waals surface area (Å²) in [6.45, 7) is 2.56. The summed E-state index contributed by atoms with van der Waals surface area (Å²) in [7, 11) is 0. The highest BCUT2D eigenvalue weighted by Gasteiger charge is 2.41. The van der Waals surface area contributed by atoms with Crippen LogP contribution < -0.4 is 11.2 Å². The number of amides is 3. The molecule has 0 saturated carbocycles. The van der Waals surface area contributed by atoms with Crippen LogP contribution >= 0.6 is 0 Å². The van der Waals surface area contributed by atoms with E-state index >= 15 is 0 Å². The first-order valence-corrected chi connectivity index (χ1v) is 5.87. The van der Waals surface area contributed by atoms with E-state index in [1.807, 2.05) is 0 Å². The molecular formula is C11H16N4O3. The fourth-order valence-electron chi connectivity index (χ4n) is 2.15. The minimum absolute atomic E-state index is 0.185. The van der Waals surface area contributed by atoms with Crippen LogP contribution in [-0.4, -0.2) is 41.4 Å². The molecule has 2 rings (SSSR count). The van der Waals surface area contributed by atoms with Gasteiger partial charge in [0, 0.05) is 25.9 Å². The maximum Gasteiger partial charge on any atom is 0.270 e. The van der Waals surface area contributed by atoms with Gasteiger partial charge in [-0.05, 0) is 13.3 Å². The van der Waals surface area contributed by atoms with Crippen molar-refractivity contribution in [1.29, 1.82) is 0 Å². The van der Waals surface area contributed by atoms with Gasteiger partial charge in [0.25, 0.3) is 5.91 Å². The van der Waals surface area contributed by atoms with Crippen molar-refractivity contribution in [3.8, 4) is 0 Å². The molecular weight excluding hydrogens is 236 g/mol. The predicted molar refractivity (Wildman–Crippen MR) is 63.3 cm³/mol. The number of rotatable bonds is 2. The number of nitrogens with two attached hydrogens (primary N) is 1. The second-order valence-corrected chi connectivity index (χ2v) is 5.00. The molecule has 1 fully saturated rings. The number of nitrogens with one attached hydrogen (secondary N) is 1. The first-order chi connectivity index (χ1) is 8.42. The van der Waals surface area contributed by atoms with Gasteiger partial charge in [-0.2, -0.15) is 5.10 Å². The highest BCUT2D eigenvalue weighted by molar-refractivity contribution is 6.39. The third kappa shape index (κ3) is 2.20. The molecule has 7 heteroatoms. The van der Waals surface area contributed by atoms with Crippen molar-refractivity contribution in [1.82, 2.24) is 10.3 Å². The van der Waals surface area contributed by atoms with Crippen LogP contribution in [0.15, 0.2) is 5.10 Å². The van der Waals surface area contributed by atoms with Crippen molar-refractivity contribution in [2.75, 3.05) is 13.1 Å². The Bertz CT molecular complexity index is 446. The van der Waals surface area contributed by atoms with Crippen molar-refractivity contribution in [2.24, 2.45) is 16.3 Å². The predicted octanol–water partition coefficient (Wildman–Crippen LogP) is -1.02. The summed E-state index contributed by atoms with van der Waals surface area (Å²) >= 11 is 0. The van der Waals surface area contributed by atoms with Crippen LogP contribution in [0.1, 0.15) is 26.2 Å². The van der Waals surface area contributed by atoms with E-state index in [4.69, 9.17) is 5.73 Å². The Morgan fingerprint density at radius 1 is 1.44 bits per heavy atom. The summed E-state index contributed by atoms with van der Waals surface area (Å²) in [5.74, 6) is -0.799. The number of nitrogens with zero attached hydrogens (tertiary/aromatic N) is 2. The third-order valence-corrected chi connectivity index (χ3v) is 3.51. The molecule has 0 spiro atoms. The molecule has 0 bridgehead atoms. The Balaban J connectivity index is 2.04. The zero-order valence-electron chi connectivity index (χ0n) is 10.2. The smallest absolute Gasteiger partial charge is 0.270 e. The number of hydrogen-bond donors (Lipinski definition) is 2. The first kappa shape index (κ1) is 12.5. The van der Waals surface area contributed by atoms with Gasteiger partial charge in [-0.3, -0.25) is 14.4 Å². The molecule has 18 heavy (non-hydrogen) atoms. The summed E-state index contributed by atoms with van der Waals surface area (Å²) in [5, 5.41) is 3.76. The summed E-state index contributed by atoms with van der Waals surface area (Å²) in [4.78, 5) is 35.9. The van der Waals surface area contributed by atoms with E-state index in [0.717, 1.165) is 0 Å². The monoisotopic (exact) mass is 252 g/mol. The second-order valence-electron chi connectivity index (χ2n) is 5.00. The molecule has 1 saturated heterocycles. The van der Waals surface area contributed by atoms with Crippen LogP contribution in [0.3, 0.4) is 0 Å². The summed E-state index contributed by atoms with van der Waals surface area (Å²) < 4.78 is 0. The largest absolute Gasteiger partial charge is 0.369 e. The lowest BCUT2D eigenvalue weighted by Crippen LogP contribution is -2.42. The molecule has 7 nitrogen and oxygen atoms in total. The van der Waals surface area contributed by atoms with Gasteiger partial charge >= 0.3 is 0 Å². The van der Waals surface area contributed by atoms with Crippen LogP contribution in [0.25, 0.3) is 0 Å². The number of likely N-dealkylation sites (tertiary alicyclic amines) is 1. The lowest BCUT2D eigenvalue weighted by atomic mass is 9.89. The van der Waals surface area contributed by atoms with Crippen LogP contribution in [0.4, 0.5) is 0 Å². The lowest BCUT2D eigenvalue weighted by Gasteiger charge is -2.22. The van der Waals surface area contributed by atoms with Gasteiger partial charge in [0.2, 0.25) is 11.8 Å². The molecule has 3 N–H and O–H groups in total. The summed E-state index contributed by atoms with van der Waals surface area (Å²) in [6.07, 6.45) is 1.17. The van der Waals surface area contributed by atoms with Crippen molar-refractivity contribution < 1.29 is 14.4 Å². The summed E-state index contributed by atoms with van der Waals surface area (Å²) in [5.41, 5.74) is 7.29. The fourth-order valence-corrected chi connectivity index (χ4v) is 2.15. The fraction of sp³-hybridized carbons (Fsp3) is 0.636. The van der Waals surface area contributed by atoms with Gasteiger partial charge in [-0.25, -0.2) is 5.43 Å². The molecule has 3 amide bonds. The maximum atomic E-state index is 12.1. The quantitative estimate of drug-likeness (QED) is 0.656. The Morgan fingerprint density at radius 2 is 2.17 bits per heavy atom. The summed E-state index contributed by atoms with van der Waals surface area (Å²) in [6, 6.07) is 0. The van der Waals surface area contributed by atoms with Crippen LogP contribution in [-0.2, 0) is 14.4 Å². The Labute approximate surface area is 104 Å². The van der Waals surface area contributed by atoms with Gasteiger partial charge in [0.1, 0.15) is 5.71 Å². The molecule has 2 aliphatic heterocycles. The molecule has 2 aliphatic rings. The van der Waals surface area contributed by atoms with E-state index in [-0.39, 0.29) is 18.2 Å². The molecule has 1 unspecified atom stereocenters. The van der Waals surface area contributed by atoms with Crippen molar-refractivity contribution in [3.63, 3.8) is 0 Å². The van der Waals surface area contributed by atoms with E-state index in [2.05, 4.69) is 10.5 Å². The number of carbonyl (C=O) groups excluding carboxylic acids is 3. The Morgan fingerprint density at radius 3 is 2.67 bits per heavy atom. The molecule has 0 aromatic carbocycles. The van der Waals surface area contributed by atoms with Crippen molar-refractivity contribution in [2.45, 2.75) is 26.2 Å². The Kier molecular flexibility index (Phi) is 3.06. The minimum Gasteiger partial charge on any atom is -0.369 e. The topological polar surface area (TPSA) is 105 Å². The Hall–Kier alpha value is -1.92. The van der Waals surface area contributed by atoms with Crippen LogP contribution in [0.5, 0.6) is 0 Å². The van der Waals surface area contributed by atoms with Crippen LogP contribution in [0.2, 0.25) is 0 Å². The molecule has 0 aromatic rings. The molecule has 1 atom stereocenters. The standard InChI is InChI=1S/C11H16N4O3/c1-11(10(12)18)4-5-15(6-11)9(17)7-2-3-8(16)14-13-7/h2-6H2,1H3,(H2,12,18)(H,14,16). The van der Waals surface area contributed by atoms with E-state index < -0.39 is 11.3 Å². The van der Waals surface area contributed by atoms with E-state index in [1.165, 1.54) is 0 Å². The van der Waals surface area contributed by atoms with Crippen molar-refractivity contribution >= 4 is 23.4 Å². The zero-order chi connectivity index (χ0) is 13.3. The van der Waals surface area contributed by atoms with Gasteiger partial charge in [-0.1, -0.05) is 0 Å². The highest BCUT2D eigenvalue weighted by atomic mass is 16.2. The molecule has 0 radical (unpaired) electrons. The van der Waals surface area contributed by atoms with Crippen LogP contribution in [0, 0.1) is 5.41 Å². The normalized spacial score (nSPS) is 27.7. The average Bonchev–Trinajstić information content (AvgIpc) is 2.73. The lowest BCUT2D eigenvalue weighted by molar-refractivity contribution is -0.127. The van der Waals surface area contributed by atoms with Crippen molar-refractivity contribution in [3.05, 3.63) is 0 Å². The SMILES string of the molecule is CC1(C(N)=O)CCN(C(=O)C2=NNC(=O)CC2)C1. The molecule has 0 aromatic heterocycles. The van der Waals surface area contributed by atoms with Gasteiger partial charge < -0.3 is 10.6 Å². The van der Waals surface area contributed by atoms with E-state index in [9.17, 15) is 14.4 Å². The average molecular weight is 252 g/mol. The second kappa shape index (κ2) is 4.40. The highest BCUT2D eigenvalue weighted by Crippen LogP contribution is 2.29. The third-order valence-electron chi connectivity index (χ3n) is 3.51. The zero-order valence-corrected chi connectivity index (χ0v) is 10.2. The van der Waals surface area contributed by atoms with Gasteiger partial charge in [0.05, 0.1) is 5.41 Å². The molecule has 2 heterocycles. The number of carbonyl (C=O) groups is 3. The molecule has 0 aliphatic carbocycles. The number of hydrazone groups is 1. The first-order valence-electron chi connectivity index (χ1n) is 5.87. The molecule has 98 valence electrons. The van der Waals surface area contributed by atoms with Gasteiger partial charge in [0.15, 0.2) is 0 Å². The minimum atomic E-state index is -0.659. The number of hydrogen-bond acceptors (Lipinski definition) is 4. The maximum absolute atomic E-state index is 12.1. The van der Waals surface area contributed by atoms with Gasteiger partial charge in [-0.15, -0.1) is 0 Å².